The number of aliphatic hydroxyl groups is 1. The highest BCUT2D eigenvalue weighted by Gasteiger charge is 2.53. The summed E-state index contributed by atoms with van der Waals surface area (Å²) < 4.78 is 21.0. The van der Waals surface area contributed by atoms with Crippen molar-refractivity contribution >= 4 is 41.3 Å². The lowest BCUT2D eigenvalue weighted by molar-refractivity contribution is -0.182. The van der Waals surface area contributed by atoms with Crippen LogP contribution in [0.15, 0.2) is 54.6 Å². The van der Waals surface area contributed by atoms with Crippen LogP contribution in [0.4, 0.5) is 0 Å². The number of rotatable bonds is 14. The Morgan fingerprint density at radius 1 is 1.05 bits per heavy atom. The lowest BCUT2D eigenvalue weighted by atomic mass is 10.1. The quantitative estimate of drug-likeness (QED) is 0.234. The average molecular weight is 615 g/mol. The number of esters is 2. The summed E-state index contributed by atoms with van der Waals surface area (Å²) in [5.41, 5.74) is 1.38. The largest absolute Gasteiger partial charge is 0.497 e. The molecule has 2 amide bonds. The smallest absolute Gasteiger partial charge is 0.356 e. The van der Waals surface area contributed by atoms with Gasteiger partial charge in [-0.15, -0.1) is 11.8 Å². The second-order valence-electron chi connectivity index (χ2n) is 10.1. The highest BCUT2D eigenvalue weighted by molar-refractivity contribution is 8.00. The molecule has 0 radical (unpaired) electrons. The number of nitrogens with zero attached hydrogens (tertiary/aromatic N) is 1. The van der Waals surface area contributed by atoms with E-state index >= 15 is 0 Å². The predicted octanol–water partition coefficient (Wildman–Crippen LogP) is 1.37. The Kier molecular flexibility index (Phi) is 11.1. The number of aliphatic hydroxyl groups excluding tert-OH is 1. The van der Waals surface area contributed by atoms with Crippen LogP contribution < -0.4 is 10.1 Å². The zero-order valence-corrected chi connectivity index (χ0v) is 24.6. The second-order valence-corrected chi connectivity index (χ2v) is 11.2. The molecule has 12 nitrogen and oxygen atoms in total. The van der Waals surface area contributed by atoms with Crippen LogP contribution >= 0.6 is 11.8 Å². The van der Waals surface area contributed by atoms with Crippen LogP contribution in [0, 0.1) is 0 Å². The van der Waals surface area contributed by atoms with Crippen molar-refractivity contribution in [3.05, 3.63) is 65.7 Å². The van der Waals surface area contributed by atoms with E-state index in [1.807, 2.05) is 6.07 Å². The van der Waals surface area contributed by atoms with E-state index in [1.54, 1.807) is 48.5 Å². The lowest BCUT2D eigenvalue weighted by Gasteiger charge is -2.47. The summed E-state index contributed by atoms with van der Waals surface area (Å²) in [6.45, 7) is 1.19. The lowest BCUT2D eigenvalue weighted by Crippen LogP contribution is -2.73. The Morgan fingerprint density at radius 2 is 1.77 bits per heavy atom. The maximum atomic E-state index is 13.1. The predicted molar refractivity (Wildman–Crippen MR) is 154 cm³/mol. The Balaban J connectivity index is 1.38. The maximum Gasteiger partial charge on any atom is 0.356 e. The van der Waals surface area contributed by atoms with Gasteiger partial charge in [-0.05, 0) is 36.1 Å². The zero-order chi connectivity index (χ0) is 30.9. The summed E-state index contributed by atoms with van der Waals surface area (Å²) in [5, 5.41) is 12.5. The van der Waals surface area contributed by atoms with E-state index in [0.29, 0.717) is 24.2 Å². The molecule has 4 rings (SSSR count). The number of hydrogen-bond donors (Lipinski definition) is 2. The van der Waals surface area contributed by atoms with Crippen molar-refractivity contribution in [3.8, 4) is 5.75 Å². The molecule has 2 N–H and O–H groups in total. The fourth-order valence-corrected chi connectivity index (χ4v) is 5.94. The molecule has 2 aliphatic heterocycles. The number of likely N-dealkylation sites (tertiary alicyclic amines) is 1. The van der Waals surface area contributed by atoms with Gasteiger partial charge in [-0.2, -0.15) is 0 Å². The molecule has 0 spiro atoms. The van der Waals surface area contributed by atoms with E-state index in [1.165, 1.54) is 14.0 Å². The SMILES string of the molecule is COc1ccc(COC(=O)C(O)N2C(=O)[C@@H](NC(=O)Cc3ccccc3)[C@H]2SCC(=O)C2CCC(COC(C)=O)O2)cc1. The van der Waals surface area contributed by atoms with Crippen molar-refractivity contribution in [3.63, 3.8) is 0 Å². The topological polar surface area (TPSA) is 158 Å². The maximum absolute atomic E-state index is 13.1. The minimum absolute atomic E-state index is 0.0209. The van der Waals surface area contributed by atoms with E-state index in [-0.39, 0.29) is 31.2 Å². The van der Waals surface area contributed by atoms with E-state index in [4.69, 9.17) is 18.9 Å². The number of β-lactam (4-membered cyclic amide) rings is 1. The van der Waals surface area contributed by atoms with Gasteiger partial charge in [-0.1, -0.05) is 42.5 Å². The first-order chi connectivity index (χ1) is 20.7. The third kappa shape index (κ3) is 8.55. The number of thioether (sulfide) groups is 1. The number of ether oxygens (including phenoxy) is 4. The van der Waals surface area contributed by atoms with Crippen molar-refractivity contribution < 1.29 is 48.0 Å². The van der Waals surface area contributed by atoms with E-state index < -0.39 is 53.6 Å². The number of carbonyl (C=O) groups excluding carboxylic acids is 5. The van der Waals surface area contributed by atoms with Crippen molar-refractivity contribution in [1.29, 1.82) is 0 Å². The third-order valence-corrected chi connectivity index (χ3v) is 8.25. The fraction of sp³-hybridized carbons (Fsp3) is 0.433. The van der Waals surface area contributed by atoms with Crippen LogP contribution in [0.2, 0.25) is 0 Å². The molecule has 0 bridgehead atoms. The Hall–Kier alpha value is -3.94. The molecule has 0 saturated carbocycles. The van der Waals surface area contributed by atoms with E-state index in [9.17, 15) is 29.1 Å². The molecule has 2 heterocycles. The molecule has 2 aromatic rings. The fourth-order valence-electron chi connectivity index (χ4n) is 4.66. The van der Waals surface area contributed by atoms with Gasteiger partial charge in [0.1, 0.15) is 36.5 Å². The third-order valence-electron chi connectivity index (χ3n) is 6.95. The minimum Gasteiger partial charge on any atom is -0.497 e. The van der Waals surface area contributed by atoms with Gasteiger partial charge >= 0.3 is 11.9 Å². The molecule has 2 aliphatic rings. The Labute approximate surface area is 253 Å². The molecule has 13 heteroatoms. The molecule has 5 atom stereocenters. The van der Waals surface area contributed by atoms with E-state index in [0.717, 1.165) is 22.2 Å². The van der Waals surface area contributed by atoms with Crippen LogP contribution in [0.5, 0.6) is 5.75 Å². The standard InChI is InChI=1S/C30H34N2O10S/c1-18(33)40-16-22-12-13-24(42-22)23(34)17-43-29-26(31-25(35)14-19-6-4-3-5-7-19)27(36)32(29)28(37)30(38)41-15-20-8-10-21(39-2)11-9-20/h3-11,22,24,26,28-29,37H,12-17H2,1-2H3,(H,31,35)/t22?,24?,26-,28?,29-/m1/s1. The van der Waals surface area contributed by atoms with Crippen LogP contribution in [0.25, 0.3) is 0 Å². The van der Waals surface area contributed by atoms with Gasteiger partial charge in [0.05, 0.1) is 25.4 Å². The molecular weight excluding hydrogens is 580 g/mol. The number of nitrogens with one attached hydrogen (secondary N) is 1. The number of ketones is 1. The van der Waals surface area contributed by atoms with Crippen molar-refractivity contribution in [2.75, 3.05) is 19.5 Å². The first-order valence-electron chi connectivity index (χ1n) is 13.7. The molecule has 0 aliphatic carbocycles. The number of methoxy groups -OCH3 is 1. The summed E-state index contributed by atoms with van der Waals surface area (Å²) in [7, 11) is 1.53. The van der Waals surface area contributed by atoms with Gasteiger partial charge in [0.15, 0.2) is 5.78 Å². The minimum atomic E-state index is -1.95. The van der Waals surface area contributed by atoms with E-state index in [2.05, 4.69) is 5.32 Å². The number of carbonyl (C=O) groups is 5. The monoisotopic (exact) mass is 614 g/mol. The molecule has 2 aromatic carbocycles. The highest BCUT2D eigenvalue weighted by atomic mass is 32.2. The summed E-state index contributed by atoms with van der Waals surface area (Å²) in [6.07, 6.45) is -2.06. The summed E-state index contributed by atoms with van der Waals surface area (Å²) >= 11 is 1.00. The first-order valence-corrected chi connectivity index (χ1v) is 14.8. The van der Waals surface area contributed by atoms with Crippen molar-refractivity contribution in [2.24, 2.45) is 0 Å². The van der Waals surface area contributed by atoms with Crippen LogP contribution in [0.1, 0.15) is 30.9 Å². The summed E-state index contributed by atoms with van der Waals surface area (Å²) in [6, 6.07) is 14.7. The Morgan fingerprint density at radius 3 is 2.44 bits per heavy atom. The van der Waals surface area contributed by atoms with Crippen LogP contribution in [-0.4, -0.2) is 88.9 Å². The molecule has 230 valence electrons. The number of amides is 2. The van der Waals surface area contributed by atoms with Gasteiger partial charge in [0.2, 0.25) is 12.1 Å². The van der Waals surface area contributed by atoms with Gasteiger partial charge < -0.3 is 29.4 Å². The van der Waals surface area contributed by atoms with Crippen LogP contribution in [0.3, 0.4) is 0 Å². The van der Waals surface area contributed by atoms with Gasteiger partial charge in [-0.3, -0.25) is 24.1 Å². The van der Waals surface area contributed by atoms with Crippen molar-refractivity contribution in [2.45, 2.75) is 62.6 Å². The number of hydrogen-bond acceptors (Lipinski definition) is 11. The molecule has 0 aromatic heterocycles. The molecule has 2 fully saturated rings. The first kappa shape index (κ1) is 32.0. The number of benzene rings is 2. The average Bonchev–Trinajstić information content (AvgIpc) is 3.49. The summed E-state index contributed by atoms with van der Waals surface area (Å²) in [4.78, 5) is 63.5. The molecule has 2 saturated heterocycles. The second kappa shape index (κ2) is 15.0. The van der Waals surface area contributed by atoms with Gasteiger partial charge in [0.25, 0.3) is 5.91 Å². The van der Waals surface area contributed by atoms with Gasteiger partial charge in [0, 0.05) is 6.92 Å². The zero-order valence-electron chi connectivity index (χ0n) is 23.8. The molecule has 43 heavy (non-hydrogen) atoms. The Bertz CT molecular complexity index is 1310. The summed E-state index contributed by atoms with van der Waals surface area (Å²) in [5.74, 6) is -2.35. The normalized spacial score (nSPS) is 21.8. The van der Waals surface area contributed by atoms with Gasteiger partial charge in [-0.25, -0.2) is 4.79 Å². The molecular formula is C30H34N2O10S. The van der Waals surface area contributed by atoms with Crippen molar-refractivity contribution in [1.82, 2.24) is 10.2 Å². The van der Waals surface area contributed by atoms with Crippen LogP contribution in [-0.2, 0) is 51.2 Å². The number of Topliss-reactive ketones (excluding diaryl/α,β-unsaturated/α-hetero) is 1. The highest BCUT2D eigenvalue weighted by Crippen LogP contribution is 2.33. The molecule has 3 unspecified atom stereocenters.